The molecular formula is C18H16Cl2N4O2. The second-order valence-electron chi connectivity index (χ2n) is 6.27. The highest BCUT2D eigenvalue weighted by Gasteiger charge is 2.50. The van der Waals surface area contributed by atoms with E-state index < -0.39 is 4.92 Å². The Bertz CT molecular complexity index is 969. The second-order valence-corrected chi connectivity index (χ2v) is 6.71. The molecule has 6 nitrogen and oxygen atoms in total. The third-order valence-corrected chi connectivity index (χ3v) is 5.01. The molecule has 0 amide bonds. The predicted molar refractivity (Wildman–Crippen MR) is 102 cm³/mol. The molecule has 2 aromatic carbocycles. The maximum absolute atomic E-state index is 11.4. The number of nitro groups is 1. The van der Waals surface area contributed by atoms with Crippen LogP contribution in [0.3, 0.4) is 0 Å². The molecule has 1 fully saturated rings. The van der Waals surface area contributed by atoms with Crippen molar-refractivity contribution in [2.45, 2.75) is 18.3 Å². The van der Waals surface area contributed by atoms with Crippen molar-refractivity contribution in [2.24, 2.45) is 7.05 Å². The number of benzene rings is 2. The van der Waals surface area contributed by atoms with Gasteiger partial charge in [-0.15, -0.1) is 22.6 Å². The molecule has 0 N–H and O–H groups in total. The summed E-state index contributed by atoms with van der Waals surface area (Å²) in [5.41, 5.74) is 1.39. The lowest BCUT2D eigenvalue weighted by Crippen LogP contribution is -2.15. The first-order valence-electron chi connectivity index (χ1n) is 7.93. The van der Waals surface area contributed by atoms with Gasteiger partial charge in [0.1, 0.15) is 5.82 Å². The molecule has 3 aromatic rings. The highest BCUT2D eigenvalue weighted by Crippen LogP contribution is 2.53. The fourth-order valence-electron chi connectivity index (χ4n) is 3.35. The molecule has 1 heterocycles. The van der Waals surface area contributed by atoms with Crippen molar-refractivity contribution in [3.8, 4) is 11.4 Å². The highest BCUT2D eigenvalue weighted by atomic mass is 35.5. The van der Waals surface area contributed by atoms with E-state index in [0.717, 1.165) is 18.7 Å². The maximum Gasteiger partial charge on any atom is 0.281 e. The molecule has 0 bridgehead atoms. The van der Waals surface area contributed by atoms with Gasteiger partial charge in [0.05, 0.1) is 15.9 Å². The van der Waals surface area contributed by atoms with E-state index in [0.29, 0.717) is 16.4 Å². The zero-order valence-electron chi connectivity index (χ0n) is 13.9. The molecule has 0 radical (unpaired) electrons. The first kappa shape index (κ1) is 18.4. The number of aromatic nitrogens is 3. The van der Waals surface area contributed by atoms with Crippen LogP contribution in [0.2, 0.25) is 5.02 Å². The molecule has 0 aliphatic heterocycles. The lowest BCUT2D eigenvalue weighted by atomic mass is 9.95. The summed E-state index contributed by atoms with van der Waals surface area (Å²) in [6, 6.07) is 14.8. The van der Waals surface area contributed by atoms with Crippen molar-refractivity contribution in [3.05, 3.63) is 75.1 Å². The smallest absolute Gasteiger partial charge is 0.281 e. The van der Waals surface area contributed by atoms with E-state index in [9.17, 15) is 10.1 Å². The number of nitrogens with zero attached hydrogens (tertiary/aromatic N) is 4. The van der Waals surface area contributed by atoms with Crippen molar-refractivity contribution in [3.63, 3.8) is 0 Å². The number of rotatable bonds is 4. The topological polar surface area (TPSA) is 73.8 Å². The third kappa shape index (κ3) is 2.85. The second kappa shape index (κ2) is 6.70. The molecular weight excluding hydrogens is 375 g/mol. The zero-order valence-corrected chi connectivity index (χ0v) is 15.5. The van der Waals surface area contributed by atoms with E-state index in [2.05, 4.69) is 22.3 Å². The average Bonchev–Trinajstić information content (AvgIpc) is 3.33. The zero-order chi connectivity index (χ0) is 17.6. The van der Waals surface area contributed by atoms with Crippen LogP contribution in [0.4, 0.5) is 5.69 Å². The van der Waals surface area contributed by atoms with Crippen molar-refractivity contribution in [1.29, 1.82) is 0 Å². The van der Waals surface area contributed by atoms with Crippen molar-refractivity contribution >= 4 is 29.7 Å². The summed E-state index contributed by atoms with van der Waals surface area (Å²) in [6.07, 6.45) is 1.98. The lowest BCUT2D eigenvalue weighted by molar-refractivity contribution is -0.384. The van der Waals surface area contributed by atoms with Gasteiger partial charge < -0.3 is 4.57 Å². The van der Waals surface area contributed by atoms with Gasteiger partial charge in [0.2, 0.25) is 0 Å². The van der Waals surface area contributed by atoms with Crippen LogP contribution in [0.25, 0.3) is 11.4 Å². The first-order chi connectivity index (χ1) is 12.0. The molecule has 8 heteroatoms. The number of hydrogen-bond acceptors (Lipinski definition) is 4. The van der Waals surface area contributed by atoms with Gasteiger partial charge in [-0.3, -0.25) is 10.1 Å². The van der Waals surface area contributed by atoms with Crippen molar-refractivity contribution < 1.29 is 4.92 Å². The van der Waals surface area contributed by atoms with E-state index in [1.165, 1.54) is 11.6 Å². The minimum atomic E-state index is -0.445. The Morgan fingerprint density at radius 1 is 1.15 bits per heavy atom. The van der Waals surface area contributed by atoms with E-state index in [1.54, 1.807) is 12.1 Å². The van der Waals surface area contributed by atoms with Gasteiger partial charge in [0, 0.05) is 18.1 Å². The van der Waals surface area contributed by atoms with Gasteiger partial charge in [-0.2, -0.15) is 0 Å². The minimum Gasteiger partial charge on any atom is -0.313 e. The Hall–Kier alpha value is -2.44. The standard InChI is InChI=1S/C18H15ClN4O2.ClH/c1-22-16(14-8-7-13(19)11-15(14)23(24)25)20-21-17(22)18(9-10-18)12-5-3-2-4-6-12;/h2-8,11H,9-10H2,1H3;1H. The normalized spacial score (nSPS) is 14.5. The average molecular weight is 391 g/mol. The Morgan fingerprint density at radius 3 is 2.46 bits per heavy atom. The van der Waals surface area contributed by atoms with Gasteiger partial charge in [0.25, 0.3) is 5.69 Å². The van der Waals surface area contributed by atoms with E-state index >= 15 is 0 Å². The molecule has 26 heavy (non-hydrogen) atoms. The summed E-state index contributed by atoms with van der Waals surface area (Å²) in [5.74, 6) is 1.30. The molecule has 1 aliphatic rings. The molecule has 4 rings (SSSR count). The summed E-state index contributed by atoms with van der Waals surface area (Å²) < 4.78 is 1.86. The lowest BCUT2D eigenvalue weighted by Gasteiger charge is -2.15. The molecule has 1 aromatic heterocycles. The Kier molecular flexibility index (Phi) is 4.73. The quantitative estimate of drug-likeness (QED) is 0.483. The van der Waals surface area contributed by atoms with Crippen LogP contribution in [-0.2, 0) is 12.5 Å². The van der Waals surface area contributed by atoms with Crippen molar-refractivity contribution in [1.82, 2.24) is 14.8 Å². The Labute approximate surface area is 161 Å². The molecule has 134 valence electrons. The van der Waals surface area contributed by atoms with Crippen molar-refractivity contribution in [2.75, 3.05) is 0 Å². The largest absolute Gasteiger partial charge is 0.313 e. The van der Waals surface area contributed by atoms with Gasteiger partial charge >= 0.3 is 0 Å². The number of hydrogen-bond donors (Lipinski definition) is 0. The first-order valence-corrected chi connectivity index (χ1v) is 8.30. The van der Waals surface area contributed by atoms with Gasteiger partial charge in [-0.25, -0.2) is 0 Å². The predicted octanol–water partition coefficient (Wildman–Crippen LogP) is 4.55. The fraction of sp³-hybridized carbons (Fsp3) is 0.222. The number of nitro benzene ring substituents is 1. The molecule has 0 unspecified atom stereocenters. The summed E-state index contributed by atoms with van der Waals surface area (Å²) >= 11 is 5.91. The van der Waals surface area contributed by atoms with E-state index in [4.69, 9.17) is 11.6 Å². The maximum atomic E-state index is 11.4. The van der Waals surface area contributed by atoms with Crippen LogP contribution in [0.1, 0.15) is 24.2 Å². The minimum absolute atomic E-state index is 0. The van der Waals surface area contributed by atoms with E-state index in [-0.39, 0.29) is 23.5 Å². The van der Waals surface area contributed by atoms with Crippen LogP contribution in [0, 0.1) is 10.1 Å². The monoisotopic (exact) mass is 390 g/mol. The van der Waals surface area contributed by atoms with Crippen LogP contribution in [0.5, 0.6) is 0 Å². The molecule has 0 atom stereocenters. The summed E-state index contributed by atoms with van der Waals surface area (Å²) in [4.78, 5) is 10.9. The van der Waals surface area contributed by atoms with Gasteiger partial charge in [-0.1, -0.05) is 41.9 Å². The Balaban J connectivity index is 0.00000196. The molecule has 1 saturated carbocycles. The van der Waals surface area contributed by atoms with Crippen LogP contribution >= 0.6 is 24.0 Å². The molecule has 1 aliphatic carbocycles. The fourth-order valence-corrected chi connectivity index (χ4v) is 3.52. The SMILES string of the molecule is Cl.Cn1c(-c2ccc(Cl)cc2[N+](=O)[O-])nnc1C1(c2ccccc2)CC1. The summed E-state index contributed by atoms with van der Waals surface area (Å²) in [5, 5.41) is 20.3. The van der Waals surface area contributed by atoms with Crippen LogP contribution in [-0.4, -0.2) is 19.7 Å². The van der Waals surface area contributed by atoms with Gasteiger partial charge in [0.15, 0.2) is 5.82 Å². The number of halogens is 2. The summed E-state index contributed by atoms with van der Waals surface area (Å²) in [7, 11) is 1.85. The van der Waals surface area contributed by atoms with Crippen LogP contribution in [0.15, 0.2) is 48.5 Å². The molecule has 0 saturated heterocycles. The third-order valence-electron chi connectivity index (χ3n) is 4.78. The van der Waals surface area contributed by atoms with E-state index in [1.807, 2.05) is 29.8 Å². The Morgan fingerprint density at radius 2 is 1.85 bits per heavy atom. The van der Waals surface area contributed by atoms with Gasteiger partial charge in [-0.05, 0) is 30.5 Å². The molecule has 0 spiro atoms. The highest BCUT2D eigenvalue weighted by molar-refractivity contribution is 6.30. The summed E-state index contributed by atoms with van der Waals surface area (Å²) in [6.45, 7) is 0. The van der Waals surface area contributed by atoms with Crippen LogP contribution < -0.4 is 0 Å².